The van der Waals surface area contributed by atoms with E-state index < -0.39 is 0 Å². The van der Waals surface area contributed by atoms with Gasteiger partial charge in [-0.3, -0.25) is 0 Å². The molecule has 0 saturated heterocycles. The number of nitrogens with one attached hydrogen (secondary N) is 1. The lowest BCUT2D eigenvalue weighted by Crippen LogP contribution is -2.35. The van der Waals surface area contributed by atoms with Crippen molar-refractivity contribution in [2.45, 2.75) is 32.0 Å². The third kappa shape index (κ3) is 3.83. The van der Waals surface area contributed by atoms with Crippen LogP contribution in [-0.2, 0) is 7.05 Å². The normalized spacial score (nSPS) is 13.4. The van der Waals surface area contributed by atoms with Gasteiger partial charge in [-0.15, -0.1) is 10.2 Å². The summed E-state index contributed by atoms with van der Waals surface area (Å²) >= 11 is 1.76. The summed E-state index contributed by atoms with van der Waals surface area (Å²) < 4.78 is 1.95. The van der Waals surface area contributed by atoms with Crippen LogP contribution in [0.15, 0.2) is 11.5 Å². The van der Waals surface area contributed by atoms with Gasteiger partial charge in [0, 0.05) is 18.8 Å². The number of aromatic nitrogens is 3. The molecule has 1 atom stereocenters. The maximum Gasteiger partial charge on any atom is 0.190 e. The van der Waals surface area contributed by atoms with Gasteiger partial charge in [-0.05, 0) is 12.5 Å². The van der Waals surface area contributed by atoms with E-state index in [0.717, 1.165) is 17.5 Å². The molecule has 0 aliphatic heterocycles. The second-order valence-electron chi connectivity index (χ2n) is 3.94. The van der Waals surface area contributed by atoms with E-state index in [2.05, 4.69) is 36.3 Å². The van der Waals surface area contributed by atoms with Crippen molar-refractivity contribution in [1.82, 2.24) is 20.1 Å². The highest BCUT2D eigenvalue weighted by Gasteiger charge is 2.13. The summed E-state index contributed by atoms with van der Waals surface area (Å²) in [5, 5.41) is 12.4. The molecule has 1 N–H and O–H groups in total. The first-order valence-electron chi connectivity index (χ1n) is 5.35. The minimum atomic E-state index is 0.539. The van der Waals surface area contributed by atoms with Gasteiger partial charge in [0.25, 0.3) is 0 Å². The molecule has 0 aliphatic carbocycles. The number of hydrogen-bond acceptors (Lipinski definition) is 4. The molecule has 0 fully saturated rings. The Morgan fingerprint density at radius 1 is 1.53 bits per heavy atom. The molecule has 0 radical (unpaired) electrons. The van der Waals surface area contributed by atoms with E-state index in [1.54, 1.807) is 18.1 Å². The van der Waals surface area contributed by atoms with E-state index in [1.807, 2.05) is 11.6 Å². The number of aryl methyl sites for hydroxylation is 1. The largest absolute Gasteiger partial charge is 0.313 e. The van der Waals surface area contributed by atoms with E-state index in [-0.39, 0.29) is 0 Å². The van der Waals surface area contributed by atoms with Gasteiger partial charge < -0.3 is 9.88 Å². The molecule has 0 amide bonds. The summed E-state index contributed by atoms with van der Waals surface area (Å²) in [6.45, 7) is 7.64. The van der Waals surface area contributed by atoms with E-state index in [0.29, 0.717) is 12.0 Å². The van der Waals surface area contributed by atoms with Crippen LogP contribution in [0.25, 0.3) is 0 Å². The van der Waals surface area contributed by atoms with E-state index in [9.17, 15) is 0 Å². The Morgan fingerprint density at radius 2 is 2.27 bits per heavy atom. The topological polar surface area (TPSA) is 42.7 Å². The van der Waals surface area contributed by atoms with Crippen molar-refractivity contribution in [2.24, 2.45) is 13.0 Å². The quantitative estimate of drug-likeness (QED) is 0.750. The van der Waals surface area contributed by atoms with Crippen molar-refractivity contribution in [1.29, 1.82) is 0 Å². The highest BCUT2D eigenvalue weighted by Crippen LogP contribution is 2.17. The van der Waals surface area contributed by atoms with Crippen molar-refractivity contribution >= 4 is 11.8 Å². The zero-order valence-corrected chi connectivity index (χ0v) is 10.7. The molecule has 15 heavy (non-hydrogen) atoms. The minimum Gasteiger partial charge on any atom is -0.313 e. The van der Waals surface area contributed by atoms with Gasteiger partial charge in [0.2, 0.25) is 0 Å². The summed E-state index contributed by atoms with van der Waals surface area (Å²) in [6.07, 6.45) is 1.74. The van der Waals surface area contributed by atoms with E-state index in [4.69, 9.17) is 0 Å². The summed E-state index contributed by atoms with van der Waals surface area (Å²) in [7, 11) is 1.97. The zero-order chi connectivity index (χ0) is 11.3. The monoisotopic (exact) mass is 228 g/mol. The molecule has 0 bridgehead atoms. The van der Waals surface area contributed by atoms with Crippen LogP contribution >= 0.6 is 11.8 Å². The average Bonchev–Trinajstić information content (AvgIpc) is 2.58. The highest BCUT2D eigenvalue weighted by atomic mass is 32.2. The van der Waals surface area contributed by atoms with Crippen LogP contribution in [0.1, 0.15) is 20.8 Å². The SMILES string of the molecule is CCNC(CSc1nncn1C)C(C)C. The average molecular weight is 228 g/mol. The number of thioether (sulfide) groups is 1. The highest BCUT2D eigenvalue weighted by molar-refractivity contribution is 7.99. The molecule has 1 heterocycles. The summed E-state index contributed by atoms with van der Waals surface area (Å²) in [5.74, 6) is 1.68. The Balaban J connectivity index is 2.43. The molecule has 0 aromatic carbocycles. The van der Waals surface area contributed by atoms with Crippen molar-refractivity contribution in [2.75, 3.05) is 12.3 Å². The second kappa shape index (κ2) is 6.12. The van der Waals surface area contributed by atoms with Crippen LogP contribution in [0.4, 0.5) is 0 Å². The number of hydrogen-bond donors (Lipinski definition) is 1. The molecule has 0 spiro atoms. The summed E-state index contributed by atoms with van der Waals surface area (Å²) in [5.41, 5.74) is 0. The van der Waals surface area contributed by atoms with Crippen LogP contribution in [0.2, 0.25) is 0 Å². The zero-order valence-electron chi connectivity index (χ0n) is 9.90. The molecule has 0 saturated carbocycles. The maximum atomic E-state index is 4.06. The van der Waals surface area contributed by atoms with Gasteiger partial charge in [-0.2, -0.15) is 0 Å². The first kappa shape index (κ1) is 12.5. The smallest absolute Gasteiger partial charge is 0.190 e. The van der Waals surface area contributed by atoms with Crippen molar-refractivity contribution < 1.29 is 0 Å². The van der Waals surface area contributed by atoms with Crippen molar-refractivity contribution in [3.05, 3.63) is 6.33 Å². The Bertz CT molecular complexity index is 285. The maximum absolute atomic E-state index is 4.06. The molecule has 0 aliphatic rings. The predicted molar refractivity (Wildman–Crippen MR) is 64.0 cm³/mol. The number of rotatable bonds is 6. The van der Waals surface area contributed by atoms with Crippen LogP contribution in [-0.4, -0.2) is 33.1 Å². The Hall–Kier alpha value is -0.550. The lowest BCUT2D eigenvalue weighted by atomic mass is 10.1. The third-order valence-electron chi connectivity index (χ3n) is 2.33. The molecule has 4 nitrogen and oxygen atoms in total. The fourth-order valence-electron chi connectivity index (χ4n) is 1.32. The Kier molecular flexibility index (Phi) is 5.11. The van der Waals surface area contributed by atoms with Crippen LogP contribution in [0, 0.1) is 5.92 Å². The molecule has 86 valence electrons. The van der Waals surface area contributed by atoms with E-state index >= 15 is 0 Å². The first-order chi connectivity index (χ1) is 7.15. The van der Waals surface area contributed by atoms with E-state index in [1.165, 1.54) is 0 Å². The lowest BCUT2D eigenvalue weighted by molar-refractivity contribution is 0.443. The van der Waals surface area contributed by atoms with Gasteiger partial charge in [-0.1, -0.05) is 32.5 Å². The number of nitrogens with zero attached hydrogens (tertiary/aromatic N) is 3. The summed E-state index contributed by atoms with van der Waals surface area (Å²) in [4.78, 5) is 0. The molecular weight excluding hydrogens is 208 g/mol. The van der Waals surface area contributed by atoms with Gasteiger partial charge in [0.15, 0.2) is 5.16 Å². The molecule has 5 heteroatoms. The molecular formula is C10H20N4S. The fraction of sp³-hybridized carbons (Fsp3) is 0.800. The van der Waals surface area contributed by atoms with Crippen LogP contribution < -0.4 is 5.32 Å². The third-order valence-corrected chi connectivity index (χ3v) is 3.49. The second-order valence-corrected chi connectivity index (χ2v) is 4.93. The van der Waals surface area contributed by atoms with Crippen molar-refractivity contribution in [3.8, 4) is 0 Å². The molecule has 1 rings (SSSR count). The van der Waals surface area contributed by atoms with Crippen LogP contribution in [0.3, 0.4) is 0 Å². The molecule has 1 aromatic heterocycles. The van der Waals surface area contributed by atoms with Gasteiger partial charge in [-0.25, -0.2) is 0 Å². The Labute approximate surface area is 95.9 Å². The standard InChI is InChI=1S/C10H20N4S/c1-5-11-9(8(2)3)6-15-10-13-12-7-14(10)4/h7-9,11H,5-6H2,1-4H3. The first-order valence-corrected chi connectivity index (χ1v) is 6.33. The summed E-state index contributed by atoms with van der Waals surface area (Å²) in [6, 6.07) is 0.539. The van der Waals surface area contributed by atoms with Gasteiger partial charge in [0.1, 0.15) is 6.33 Å². The van der Waals surface area contributed by atoms with Crippen molar-refractivity contribution in [3.63, 3.8) is 0 Å². The molecule has 1 unspecified atom stereocenters. The minimum absolute atomic E-state index is 0.539. The molecule has 1 aromatic rings. The van der Waals surface area contributed by atoms with Crippen LogP contribution in [0.5, 0.6) is 0 Å². The van der Waals surface area contributed by atoms with Gasteiger partial charge >= 0.3 is 0 Å². The lowest BCUT2D eigenvalue weighted by Gasteiger charge is -2.20. The predicted octanol–water partition coefficient (Wildman–Crippen LogP) is 1.54. The van der Waals surface area contributed by atoms with Gasteiger partial charge in [0.05, 0.1) is 0 Å². The Morgan fingerprint density at radius 3 is 2.73 bits per heavy atom. The fourth-order valence-corrected chi connectivity index (χ4v) is 2.50.